The van der Waals surface area contributed by atoms with E-state index in [-0.39, 0.29) is 6.61 Å². The number of hydrogen-bond donors (Lipinski definition) is 2. The Morgan fingerprint density at radius 3 is 1.50 bits per heavy atom. The summed E-state index contributed by atoms with van der Waals surface area (Å²) in [4.78, 5) is 0. The van der Waals surface area contributed by atoms with Crippen molar-refractivity contribution in [3.05, 3.63) is 0 Å². The monoisotopic (exact) mass is 149 g/mol. The zero-order valence-electron chi connectivity index (χ0n) is 6.08. The Morgan fingerprint density at radius 2 is 1.40 bits per heavy atom. The first kappa shape index (κ1) is 9.84. The van der Waals surface area contributed by atoms with Gasteiger partial charge in [0.25, 0.3) is 0 Å². The number of aliphatic hydroxyl groups excluding tert-OH is 1. The summed E-state index contributed by atoms with van der Waals surface area (Å²) < 4.78 is 9.89. The number of nitrogens with two attached hydrogens (primary N) is 1. The van der Waals surface area contributed by atoms with E-state index in [0.717, 1.165) is 26.4 Å². The molecule has 4 heteroatoms. The SMILES string of the molecule is C1COCCO1.NCCO. The first-order valence-corrected chi connectivity index (χ1v) is 3.38. The van der Waals surface area contributed by atoms with Crippen LogP contribution in [0, 0.1) is 0 Å². The molecule has 1 aliphatic heterocycles. The van der Waals surface area contributed by atoms with E-state index in [2.05, 4.69) is 0 Å². The highest BCUT2D eigenvalue weighted by Crippen LogP contribution is 1.85. The van der Waals surface area contributed by atoms with Gasteiger partial charge in [-0.15, -0.1) is 0 Å². The van der Waals surface area contributed by atoms with E-state index in [1.165, 1.54) is 0 Å². The second-order valence-corrected chi connectivity index (χ2v) is 1.74. The van der Waals surface area contributed by atoms with Crippen LogP contribution in [-0.2, 0) is 9.47 Å². The van der Waals surface area contributed by atoms with E-state index < -0.39 is 0 Å². The molecule has 1 aliphatic rings. The van der Waals surface area contributed by atoms with E-state index >= 15 is 0 Å². The molecule has 0 aromatic carbocycles. The molecule has 4 nitrogen and oxygen atoms in total. The normalized spacial score (nSPS) is 17.4. The van der Waals surface area contributed by atoms with Crippen molar-refractivity contribution in [2.45, 2.75) is 0 Å². The molecule has 1 saturated heterocycles. The van der Waals surface area contributed by atoms with Crippen LogP contribution in [0.3, 0.4) is 0 Å². The van der Waals surface area contributed by atoms with E-state index in [4.69, 9.17) is 20.3 Å². The van der Waals surface area contributed by atoms with Crippen molar-refractivity contribution in [2.75, 3.05) is 39.6 Å². The van der Waals surface area contributed by atoms with Gasteiger partial charge in [0.2, 0.25) is 0 Å². The number of hydrogen-bond acceptors (Lipinski definition) is 4. The predicted molar refractivity (Wildman–Crippen MR) is 37.8 cm³/mol. The summed E-state index contributed by atoms with van der Waals surface area (Å²) in [6.07, 6.45) is 0. The Kier molecular flexibility index (Phi) is 8.70. The average molecular weight is 149 g/mol. The van der Waals surface area contributed by atoms with Crippen LogP contribution < -0.4 is 5.73 Å². The Hall–Kier alpha value is -0.160. The number of aliphatic hydroxyl groups is 1. The maximum Gasteiger partial charge on any atom is 0.0701 e. The van der Waals surface area contributed by atoms with Gasteiger partial charge in [-0.1, -0.05) is 0 Å². The standard InChI is InChI=1S/C4H8O2.C2H7NO/c1-2-6-4-3-5-1;3-1-2-4/h1-4H2;4H,1-3H2. The van der Waals surface area contributed by atoms with Crippen molar-refractivity contribution in [2.24, 2.45) is 5.73 Å². The van der Waals surface area contributed by atoms with Crippen LogP contribution >= 0.6 is 0 Å². The third-order valence-corrected chi connectivity index (χ3v) is 0.873. The summed E-state index contributed by atoms with van der Waals surface area (Å²) >= 11 is 0. The third-order valence-electron chi connectivity index (χ3n) is 0.873. The molecule has 0 amide bonds. The Bertz CT molecular complexity index is 43.4. The minimum atomic E-state index is 0.0972. The highest BCUT2D eigenvalue weighted by molar-refractivity contribution is 4.37. The summed E-state index contributed by atoms with van der Waals surface area (Å²) in [6, 6.07) is 0. The molecule has 0 aliphatic carbocycles. The first-order valence-electron chi connectivity index (χ1n) is 3.38. The van der Waals surface area contributed by atoms with Gasteiger partial charge < -0.3 is 20.3 Å². The molecule has 0 saturated carbocycles. The zero-order chi connectivity index (χ0) is 7.66. The molecule has 0 radical (unpaired) electrons. The van der Waals surface area contributed by atoms with Gasteiger partial charge in [0, 0.05) is 6.54 Å². The van der Waals surface area contributed by atoms with Gasteiger partial charge in [0.15, 0.2) is 0 Å². The quantitative estimate of drug-likeness (QED) is 0.500. The predicted octanol–water partition coefficient (Wildman–Crippen LogP) is -1.03. The van der Waals surface area contributed by atoms with Gasteiger partial charge in [0.05, 0.1) is 33.0 Å². The van der Waals surface area contributed by atoms with E-state index in [0.29, 0.717) is 6.54 Å². The highest BCUT2D eigenvalue weighted by atomic mass is 16.6. The Morgan fingerprint density at radius 1 is 1.10 bits per heavy atom. The summed E-state index contributed by atoms with van der Waals surface area (Å²) in [5, 5.41) is 7.75. The van der Waals surface area contributed by atoms with E-state index in [9.17, 15) is 0 Å². The van der Waals surface area contributed by atoms with Gasteiger partial charge in [-0.25, -0.2) is 0 Å². The van der Waals surface area contributed by atoms with Gasteiger partial charge in [-0.3, -0.25) is 0 Å². The maximum absolute atomic E-state index is 7.75. The lowest BCUT2D eigenvalue weighted by molar-refractivity contribution is -0.0334. The van der Waals surface area contributed by atoms with Crippen LogP contribution in [0.2, 0.25) is 0 Å². The van der Waals surface area contributed by atoms with Gasteiger partial charge >= 0.3 is 0 Å². The van der Waals surface area contributed by atoms with Crippen molar-refractivity contribution >= 4 is 0 Å². The largest absolute Gasteiger partial charge is 0.395 e. The van der Waals surface area contributed by atoms with Crippen LogP contribution in [0.5, 0.6) is 0 Å². The first-order chi connectivity index (χ1) is 4.91. The zero-order valence-corrected chi connectivity index (χ0v) is 6.08. The van der Waals surface area contributed by atoms with Crippen LogP contribution in [0.4, 0.5) is 0 Å². The summed E-state index contributed by atoms with van der Waals surface area (Å²) in [6.45, 7) is 3.58. The highest BCUT2D eigenvalue weighted by Gasteiger charge is 1.94. The molecule has 10 heavy (non-hydrogen) atoms. The van der Waals surface area contributed by atoms with Crippen molar-refractivity contribution in [1.82, 2.24) is 0 Å². The molecule has 0 aromatic rings. The van der Waals surface area contributed by atoms with Gasteiger partial charge in [-0.05, 0) is 0 Å². The molecule has 1 heterocycles. The minimum Gasteiger partial charge on any atom is -0.395 e. The van der Waals surface area contributed by atoms with E-state index in [1.54, 1.807) is 0 Å². The molecular formula is C6H15NO3. The topological polar surface area (TPSA) is 64.7 Å². The molecule has 1 rings (SSSR count). The Balaban J connectivity index is 0.000000180. The summed E-state index contributed by atoms with van der Waals surface area (Å²) in [5.74, 6) is 0. The number of ether oxygens (including phenoxy) is 2. The van der Waals surface area contributed by atoms with Crippen LogP contribution in [0.15, 0.2) is 0 Å². The fraction of sp³-hybridized carbons (Fsp3) is 1.00. The van der Waals surface area contributed by atoms with Crippen molar-refractivity contribution in [3.63, 3.8) is 0 Å². The maximum atomic E-state index is 7.75. The molecule has 62 valence electrons. The second-order valence-electron chi connectivity index (χ2n) is 1.74. The average Bonchev–Trinajstić information content (AvgIpc) is 2.08. The summed E-state index contributed by atoms with van der Waals surface area (Å²) in [5.41, 5.74) is 4.78. The van der Waals surface area contributed by atoms with Crippen LogP contribution in [0.1, 0.15) is 0 Å². The number of rotatable bonds is 1. The van der Waals surface area contributed by atoms with Crippen molar-refractivity contribution in [3.8, 4) is 0 Å². The smallest absolute Gasteiger partial charge is 0.0701 e. The van der Waals surface area contributed by atoms with Crippen molar-refractivity contribution in [1.29, 1.82) is 0 Å². The fourth-order valence-electron chi connectivity index (χ4n) is 0.440. The third kappa shape index (κ3) is 7.84. The molecule has 0 atom stereocenters. The van der Waals surface area contributed by atoms with Crippen molar-refractivity contribution < 1.29 is 14.6 Å². The fourth-order valence-corrected chi connectivity index (χ4v) is 0.440. The summed E-state index contributed by atoms with van der Waals surface area (Å²) in [7, 11) is 0. The van der Waals surface area contributed by atoms with Crippen LogP contribution in [-0.4, -0.2) is 44.7 Å². The molecule has 0 bridgehead atoms. The second kappa shape index (κ2) is 8.84. The molecule has 0 spiro atoms. The lowest BCUT2D eigenvalue weighted by Gasteiger charge is -2.09. The van der Waals surface area contributed by atoms with Crippen LogP contribution in [0.25, 0.3) is 0 Å². The Labute approximate surface area is 60.9 Å². The lowest BCUT2D eigenvalue weighted by Crippen LogP contribution is -2.16. The molecule has 1 fully saturated rings. The van der Waals surface area contributed by atoms with Gasteiger partial charge in [0.1, 0.15) is 0 Å². The molecule has 0 unspecified atom stereocenters. The molecule has 0 aromatic heterocycles. The molecule has 3 N–H and O–H groups in total. The lowest BCUT2D eigenvalue weighted by atomic mass is 10.6. The molecular weight excluding hydrogens is 134 g/mol. The minimum absolute atomic E-state index is 0.0972. The van der Waals surface area contributed by atoms with E-state index in [1.807, 2.05) is 0 Å². The van der Waals surface area contributed by atoms with Gasteiger partial charge in [-0.2, -0.15) is 0 Å².